The molecule has 0 aliphatic carbocycles. The Bertz CT molecular complexity index is 454. The van der Waals surface area contributed by atoms with Gasteiger partial charge in [0.2, 0.25) is 0 Å². The maximum atomic E-state index is 10.3. The van der Waals surface area contributed by atoms with Crippen LogP contribution in [0.5, 0.6) is 5.75 Å². The van der Waals surface area contributed by atoms with E-state index < -0.39 is 6.10 Å². The van der Waals surface area contributed by atoms with Crippen molar-refractivity contribution in [2.24, 2.45) is 5.92 Å². The van der Waals surface area contributed by atoms with Gasteiger partial charge in [-0.2, -0.15) is 0 Å². The Labute approximate surface area is 141 Å². The van der Waals surface area contributed by atoms with Crippen LogP contribution in [0.15, 0.2) is 24.3 Å². The third-order valence-corrected chi connectivity index (χ3v) is 3.34. The van der Waals surface area contributed by atoms with Crippen LogP contribution in [0.4, 0.5) is 0 Å². The van der Waals surface area contributed by atoms with Crippen molar-refractivity contribution in [1.29, 1.82) is 0 Å². The van der Waals surface area contributed by atoms with E-state index in [2.05, 4.69) is 24.8 Å². The molecule has 0 bridgehead atoms. The van der Waals surface area contributed by atoms with E-state index in [0.717, 1.165) is 18.8 Å². The highest BCUT2D eigenvalue weighted by Crippen LogP contribution is 2.16. The van der Waals surface area contributed by atoms with Crippen LogP contribution in [0.25, 0.3) is 0 Å². The van der Waals surface area contributed by atoms with Gasteiger partial charge in [-0.05, 0) is 44.4 Å². The Kier molecular flexibility index (Phi) is 8.03. The summed E-state index contributed by atoms with van der Waals surface area (Å²) in [5, 5.41) is 10.3. The van der Waals surface area contributed by atoms with Gasteiger partial charge in [-0.1, -0.05) is 26.0 Å². The minimum absolute atomic E-state index is 0.226. The average Bonchev–Trinajstić information content (AvgIpc) is 2.44. The Hall–Kier alpha value is -1.10. The van der Waals surface area contributed by atoms with E-state index in [-0.39, 0.29) is 5.60 Å². The van der Waals surface area contributed by atoms with Crippen LogP contribution in [0.2, 0.25) is 0 Å². The van der Waals surface area contributed by atoms with Crippen molar-refractivity contribution in [3.05, 3.63) is 29.8 Å². The summed E-state index contributed by atoms with van der Waals surface area (Å²) in [6, 6.07) is 8.09. The van der Waals surface area contributed by atoms with Gasteiger partial charge in [-0.25, -0.2) is 0 Å². The Morgan fingerprint density at radius 3 is 2.43 bits per heavy atom. The van der Waals surface area contributed by atoms with Gasteiger partial charge in [0.15, 0.2) is 0 Å². The van der Waals surface area contributed by atoms with Crippen LogP contribution in [0.1, 0.15) is 40.2 Å². The summed E-state index contributed by atoms with van der Waals surface area (Å²) in [7, 11) is 1.68. The first kappa shape index (κ1) is 19.9. The molecule has 0 aliphatic heterocycles. The fourth-order valence-electron chi connectivity index (χ4n) is 2.45. The van der Waals surface area contributed by atoms with Crippen LogP contribution in [-0.2, 0) is 11.3 Å². The van der Waals surface area contributed by atoms with Crippen LogP contribution >= 0.6 is 0 Å². The zero-order valence-electron chi connectivity index (χ0n) is 15.5. The van der Waals surface area contributed by atoms with Crippen molar-refractivity contribution in [2.75, 3.05) is 26.8 Å². The van der Waals surface area contributed by atoms with Crippen molar-refractivity contribution in [2.45, 2.75) is 52.9 Å². The van der Waals surface area contributed by atoms with Gasteiger partial charge < -0.3 is 14.6 Å². The lowest BCUT2D eigenvalue weighted by Crippen LogP contribution is -2.38. The lowest BCUT2D eigenvalue weighted by molar-refractivity contribution is -0.0573. The highest BCUT2D eigenvalue weighted by Gasteiger charge is 2.17. The number of hydrogen-bond donors (Lipinski definition) is 1. The van der Waals surface area contributed by atoms with Crippen LogP contribution in [-0.4, -0.2) is 48.5 Å². The lowest BCUT2D eigenvalue weighted by Gasteiger charge is -2.28. The molecule has 1 N–H and O–H groups in total. The Morgan fingerprint density at radius 1 is 1.17 bits per heavy atom. The van der Waals surface area contributed by atoms with Gasteiger partial charge in [-0.3, -0.25) is 4.90 Å². The highest BCUT2D eigenvalue weighted by atomic mass is 16.5. The molecule has 0 unspecified atom stereocenters. The van der Waals surface area contributed by atoms with Gasteiger partial charge >= 0.3 is 0 Å². The first-order valence-corrected chi connectivity index (χ1v) is 8.37. The molecule has 0 spiro atoms. The molecule has 0 saturated heterocycles. The van der Waals surface area contributed by atoms with Gasteiger partial charge in [0, 0.05) is 19.6 Å². The molecular weight excluding hydrogens is 290 g/mol. The van der Waals surface area contributed by atoms with Gasteiger partial charge in [0.05, 0.1) is 25.4 Å². The van der Waals surface area contributed by atoms with E-state index in [1.165, 1.54) is 5.56 Å². The second kappa shape index (κ2) is 9.26. The zero-order valence-corrected chi connectivity index (χ0v) is 15.5. The minimum atomic E-state index is -0.487. The number of benzene rings is 1. The number of nitrogens with zero attached hydrogens (tertiary/aromatic N) is 1. The quantitative estimate of drug-likeness (QED) is 0.757. The normalized spacial score (nSPS) is 13.6. The van der Waals surface area contributed by atoms with Gasteiger partial charge in [0.1, 0.15) is 5.75 Å². The summed E-state index contributed by atoms with van der Waals surface area (Å²) >= 11 is 0. The maximum Gasteiger partial charge on any atom is 0.119 e. The third kappa shape index (κ3) is 8.94. The molecule has 23 heavy (non-hydrogen) atoms. The summed E-state index contributed by atoms with van der Waals surface area (Å²) in [4.78, 5) is 2.27. The molecular formula is C19H33NO3. The molecule has 4 nitrogen and oxygen atoms in total. The van der Waals surface area contributed by atoms with E-state index in [9.17, 15) is 5.11 Å². The number of aliphatic hydroxyl groups is 1. The molecule has 0 radical (unpaired) electrons. The van der Waals surface area contributed by atoms with Crippen molar-refractivity contribution in [1.82, 2.24) is 4.90 Å². The fourth-order valence-corrected chi connectivity index (χ4v) is 2.45. The van der Waals surface area contributed by atoms with E-state index in [1.807, 2.05) is 39.0 Å². The summed E-state index contributed by atoms with van der Waals surface area (Å²) in [6.45, 7) is 13.1. The largest absolute Gasteiger partial charge is 0.497 e. The number of hydrogen-bond acceptors (Lipinski definition) is 4. The van der Waals surface area contributed by atoms with E-state index in [4.69, 9.17) is 9.47 Å². The number of ether oxygens (including phenoxy) is 2. The second-order valence-electron chi connectivity index (χ2n) is 7.52. The molecule has 0 fully saturated rings. The average molecular weight is 323 g/mol. The molecule has 1 aromatic rings. The van der Waals surface area contributed by atoms with Gasteiger partial charge in [0.25, 0.3) is 0 Å². The molecule has 4 heteroatoms. The van der Waals surface area contributed by atoms with E-state index in [1.54, 1.807) is 7.11 Å². The molecule has 132 valence electrons. The molecule has 1 rings (SSSR count). The van der Waals surface area contributed by atoms with E-state index in [0.29, 0.717) is 19.1 Å². The Balaban J connectivity index is 2.64. The molecule has 1 atom stereocenters. The molecule has 0 amide bonds. The summed E-state index contributed by atoms with van der Waals surface area (Å²) in [5.74, 6) is 1.40. The predicted octanol–water partition coefficient (Wildman–Crippen LogP) is 3.33. The smallest absolute Gasteiger partial charge is 0.119 e. The maximum absolute atomic E-state index is 10.3. The number of rotatable bonds is 9. The van der Waals surface area contributed by atoms with E-state index >= 15 is 0 Å². The van der Waals surface area contributed by atoms with Crippen molar-refractivity contribution in [3.8, 4) is 5.75 Å². The minimum Gasteiger partial charge on any atom is -0.497 e. The summed E-state index contributed by atoms with van der Waals surface area (Å²) < 4.78 is 11.0. The predicted molar refractivity (Wildman–Crippen MR) is 94.8 cm³/mol. The highest BCUT2D eigenvalue weighted by molar-refractivity contribution is 5.28. The first-order valence-electron chi connectivity index (χ1n) is 8.37. The van der Waals surface area contributed by atoms with Crippen LogP contribution in [0, 0.1) is 5.92 Å². The fraction of sp³-hybridized carbons (Fsp3) is 0.684. The van der Waals surface area contributed by atoms with Gasteiger partial charge in [-0.15, -0.1) is 0 Å². The molecule has 0 heterocycles. The number of aliphatic hydroxyl groups excluding tert-OH is 1. The standard InChI is InChI=1S/C19H33NO3/c1-15(2)11-20(13-17(21)14-23-19(3,4)5)12-16-8-7-9-18(10-16)22-6/h7-10,15,17,21H,11-14H2,1-6H3/t17-/m0/s1. The van der Waals surface area contributed by atoms with Crippen LogP contribution in [0.3, 0.4) is 0 Å². The van der Waals surface area contributed by atoms with Crippen molar-refractivity contribution >= 4 is 0 Å². The second-order valence-corrected chi connectivity index (χ2v) is 7.52. The van der Waals surface area contributed by atoms with Crippen molar-refractivity contribution < 1.29 is 14.6 Å². The topological polar surface area (TPSA) is 41.9 Å². The SMILES string of the molecule is COc1cccc(CN(CC(C)C)C[C@H](O)COC(C)(C)C)c1. The molecule has 0 aliphatic rings. The molecule has 0 saturated carbocycles. The third-order valence-electron chi connectivity index (χ3n) is 3.34. The molecule has 0 aromatic heterocycles. The Morgan fingerprint density at radius 2 is 1.87 bits per heavy atom. The van der Waals surface area contributed by atoms with Crippen molar-refractivity contribution in [3.63, 3.8) is 0 Å². The summed E-state index contributed by atoms with van der Waals surface area (Å²) in [5.41, 5.74) is 0.963. The monoisotopic (exact) mass is 323 g/mol. The zero-order chi connectivity index (χ0) is 17.5. The molecule has 1 aromatic carbocycles. The lowest BCUT2D eigenvalue weighted by atomic mass is 10.1. The van der Waals surface area contributed by atoms with Crippen LogP contribution < -0.4 is 4.74 Å². The summed E-state index contributed by atoms with van der Waals surface area (Å²) in [6.07, 6.45) is -0.487. The number of methoxy groups -OCH3 is 1. The first-order chi connectivity index (χ1) is 10.7.